The van der Waals surface area contributed by atoms with Gasteiger partial charge in [-0.2, -0.15) is 0 Å². The Balaban J connectivity index is 1.87. The Morgan fingerprint density at radius 1 is 0.923 bits per heavy atom. The number of hydrogen-bond donors (Lipinski definition) is 2. The van der Waals surface area contributed by atoms with E-state index < -0.39 is 10.0 Å². The minimum atomic E-state index is -3.71. The van der Waals surface area contributed by atoms with Crippen molar-refractivity contribution in [3.63, 3.8) is 0 Å². The van der Waals surface area contributed by atoms with E-state index in [0.717, 1.165) is 28.0 Å². The number of nitrogens with one attached hydrogen (secondary N) is 1. The maximum Gasteiger partial charge on any atom is 0.261 e. The molecule has 0 fully saturated rings. The molecule has 3 aromatic carbocycles. The largest absolute Gasteiger partial charge is 0.280 e. The Kier molecular flexibility index (Phi) is 5.79. The fourth-order valence-corrected chi connectivity index (χ4v) is 4.30. The summed E-state index contributed by atoms with van der Waals surface area (Å²) < 4.78 is 27.7. The minimum Gasteiger partial charge on any atom is -0.280 e. The minimum absolute atomic E-state index is 0.150. The zero-order valence-electron chi connectivity index (χ0n) is 13.3. The van der Waals surface area contributed by atoms with Crippen molar-refractivity contribution in [3.8, 4) is 11.1 Å². The van der Waals surface area contributed by atoms with E-state index in [2.05, 4.69) is 4.72 Å². The van der Waals surface area contributed by atoms with Crippen molar-refractivity contribution in [2.24, 2.45) is 5.14 Å². The highest BCUT2D eigenvalue weighted by atomic mass is 35.5. The molecule has 0 radical (unpaired) electrons. The second-order valence-corrected chi connectivity index (χ2v) is 8.63. The molecule has 0 heterocycles. The molecule has 134 valence electrons. The van der Waals surface area contributed by atoms with Gasteiger partial charge in [-0.1, -0.05) is 47.5 Å². The SMILES string of the molecule is NSc1cccc(NS(=O)(=O)c2ccc(-c3ccc(Cl)cc3Cl)cc2)c1. The van der Waals surface area contributed by atoms with Crippen molar-refractivity contribution in [1.82, 2.24) is 0 Å². The third-order valence-electron chi connectivity index (χ3n) is 3.63. The van der Waals surface area contributed by atoms with E-state index in [1.54, 1.807) is 54.6 Å². The first kappa shape index (κ1) is 19.1. The second-order valence-electron chi connectivity index (χ2n) is 5.40. The Morgan fingerprint density at radius 2 is 1.65 bits per heavy atom. The number of hydrogen-bond acceptors (Lipinski definition) is 4. The number of rotatable bonds is 5. The van der Waals surface area contributed by atoms with Gasteiger partial charge in [0.2, 0.25) is 0 Å². The molecule has 0 aromatic heterocycles. The molecule has 0 aliphatic carbocycles. The van der Waals surface area contributed by atoms with Gasteiger partial charge in [0.15, 0.2) is 0 Å². The molecule has 0 amide bonds. The summed E-state index contributed by atoms with van der Waals surface area (Å²) in [6, 6.07) is 18.5. The molecular formula is C18H14Cl2N2O2S2. The quantitative estimate of drug-likeness (QED) is 0.535. The summed E-state index contributed by atoms with van der Waals surface area (Å²) in [5, 5.41) is 6.55. The van der Waals surface area contributed by atoms with Crippen LogP contribution in [-0.2, 0) is 10.0 Å². The highest BCUT2D eigenvalue weighted by Gasteiger charge is 2.15. The fraction of sp³-hybridized carbons (Fsp3) is 0. The molecule has 3 N–H and O–H groups in total. The van der Waals surface area contributed by atoms with Crippen LogP contribution in [0.25, 0.3) is 11.1 Å². The molecule has 0 saturated heterocycles. The first-order valence-electron chi connectivity index (χ1n) is 7.44. The Bertz CT molecular complexity index is 1040. The normalized spacial score (nSPS) is 11.3. The van der Waals surface area contributed by atoms with Gasteiger partial charge in [-0.25, -0.2) is 8.42 Å². The summed E-state index contributed by atoms with van der Waals surface area (Å²) in [6.45, 7) is 0. The van der Waals surface area contributed by atoms with Gasteiger partial charge in [0, 0.05) is 26.2 Å². The Labute approximate surface area is 166 Å². The molecule has 0 bridgehead atoms. The third-order valence-corrected chi connectivity index (χ3v) is 6.10. The van der Waals surface area contributed by atoms with Gasteiger partial charge in [0.25, 0.3) is 10.0 Å². The maximum absolute atomic E-state index is 12.6. The van der Waals surface area contributed by atoms with E-state index in [4.69, 9.17) is 28.3 Å². The lowest BCUT2D eigenvalue weighted by molar-refractivity contribution is 0.601. The standard InChI is InChI=1S/C18H14Cl2N2O2S2/c19-13-6-9-17(18(20)10-13)12-4-7-16(8-5-12)26(23,24)22-14-2-1-3-15(11-14)25-21/h1-11,22H,21H2. The van der Waals surface area contributed by atoms with Gasteiger partial charge in [-0.05, 0) is 60.0 Å². The molecule has 0 unspecified atom stereocenters. The Morgan fingerprint density at radius 3 is 2.31 bits per heavy atom. The van der Waals surface area contributed by atoms with Crippen LogP contribution in [0.4, 0.5) is 5.69 Å². The van der Waals surface area contributed by atoms with Crippen molar-refractivity contribution in [3.05, 3.63) is 76.8 Å². The predicted octanol–water partition coefficient (Wildman–Crippen LogP) is 5.43. The average Bonchev–Trinajstić information content (AvgIpc) is 2.62. The molecule has 0 aliphatic heterocycles. The zero-order chi connectivity index (χ0) is 18.7. The summed E-state index contributed by atoms with van der Waals surface area (Å²) in [5.74, 6) is 0. The van der Waals surface area contributed by atoms with Crippen molar-refractivity contribution < 1.29 is 8.42 Å². The van der Waals surface area contributed by atoms with Crippen LogP contribution in [0.5, 0.6) is 0 Å². The molecule has 3 aromatic rings. The topological polar surface area (TPSA) is 72.2 Å². The number of benzene rings is 3. The molecule has 0 saturated carbocycles. The van der Waals surface area contributed by atoms with Gasteiger partial charge in [-0.3, -0.25) is 9.86 Å². The van der Waals surface area contributed by atoms with Crippen molar-refractivity contribution >= 4 is 50.9 Å². The smallest absolute Gasteiger partial charge is 0.261 e. The van der Waals surface area contributed by atoms with E-state index >= 15 is 0 Å². The third kappa shape index (κ3) is 4.34. The summed E-state index contributed by atoms with van der Waals surface area (Å²) in [6.07, 6.45) is 0. The lowest BCUT2D eigenvalue weighted by atomic mass is 10.1. The summed E-state index contributed by atoms with van der Waals surface area (Å²) >= 11 is 13.2. The monoisotopic (exact) mass is 424 g/mol. The molecule has 0 aliphatic rings. The second kappa shape index (κ2) is 7.90. The number of anilines is 1. The van der Waals surface area contributed by atoms with Gasteiger partial charge in [0.1, 0.15) is 0 Å². The van der Waals surface area contributed by atoms with Gasteiger partial charge >= 0.3 is 0 Å². The van der Waals surface area contributed by atoms with Crippen LogP contribution in [0.1, 0.15) is 0 Å². The van der Waals surface area contributed by atoms with E-state index in [1.807, 2.05) is 0 Å². The first-order chi connectivity index (χ1) is 12.4. The van der Waals surface area contributed by atoms with E-state index in [-0.39, 0.29) is 4.90 Å². The van der Waals surface area contributed by atoms with Gasteiger partial charge in [0.05, 0.1) is 4.90 Å². The molecule has 4 nitrogen and oxygen atoms in total. The predicted molar refractivity (Wildman–Crippen MR) is 109 cm³/mol. The van der Waals surface area contributed by atoms with E-state index in [0.29, 0.717) is 15.7 Å². The van der Waals surface area contributed by atoms with Crippen LogP contribution in [-0.4, -0.2) is 8.42 Å². The van der Waals surface area contributed by atoms with Crippen LogP contribution < -0.4 is 9.86 Å². The average molecular weight is 425 g/mol. The summed E-state index contributed by atoms with van der Waals surface area (Å²) in [7, 11) is -3.71. The molecule has 3 rings (SSSR count). The van der Waals surface area contributed by atoms with Crippen molar-refractivity contribution in [2.75, 3.05) is 4.72 Å². The van der Waals surface area contributed by atoms with Crippen LogP contribution in [0, 0.1) is 0 Å². The lowest BCUT2D eigenvalue weighted by Gasteiger charge is -2.10. The number of sulfonamides is 1. The summed E-state index contributed by atoms with van der Waals surface area (Å²) in [5.41, 5.74) is 2.03. The highest BCUT2D eigenvalue weighted by Crippen LogP contribution is 2.31. The van der Waals surface area contributed by atoms with E-state index in [1.165, 1.54) is 12.1 Å². The maximum atomic E-state index is 12.6. The Hall–Kier alpha value is -1.70. The molecule has 8 heteroatoms. The number of halogens is 2. The highest BCUT2D eigenvalue weighted by molar-refractivity contribution is 7.97. The zero-order valence-corrected chi connectivity index (χ0v) is 16.5. The van der Waals surface area contributed by atoms with Gasteiger partial charge in [-0.15, -0.1) is 0 Å². The van der Waals surface area contributed by atoms with Gasteiger partial charge < -0.3 is 0 Å². The molecule has 0 spiro atoms. The van der Waals surface area contributed by atoms with Crippen molar-refractivity contribution in [2.45, 2.75) is 9.79 Å². The molecule has 26 heavy (non-hydrogen) atoms. The molecule has 0 atom stereocenters. The van der Waals surface area contributed by atoms with Crippen LogP contribution in [0.15, 0.2) is 76.5 Å². The van der Waals surface area contributed by atoms with Crippen LogP contribution in [0.2, 0.25) is 10.0 Å². The number of nitrogens with two attached hydrogens (primary N) is 1. The summed E-state index contributed by atoms with van der Waals surface area (Å²) in [4.78, 5) is 0.912. The van der Waals surface area contributed by atoms with Crippen LogP contribution >= 0.6 is 35.1 Å². The first-order valence-corrected chi connectivity index (χ1v) is 10.6. The van der Waals surface area contributed by atoms with Crippen molar-refractivity contribution in [1.29, 1.82) is 0 Å². The lowest BCUT2D eigenvalue weighted by Crippen LogP contribution is -2.12. The fourth-order valence-electron chi connectivity index (χ4n) is 2.38. The molecular weight excluding hydrogens is 411 g/mol. The van der Waals surface area contributed by atoms with Crippen LogP contribution in [0.3, 0.4) is 0 Å². The van der Waals surface area contributed by atoms with E-state index in [9.17, 15) is 8.42 Å².